The van der Waals surface area contributed by atoms with Gasteiger partial charge in [0.2, 0.25) is 11.8 Å². The first-order chi connectivity index (χ1) is 32.8. The van der Waals surface area contributed by atoms with Gasteiger partial charge in [-0.1, -0.05) is 60.4 Å². The maximum atomic E-state index is 14.5. The highest BCUT2D eigenvalue weighted by atomic mass is 16.5. The molecule has 358 valence electrons. The van der Waals surface area contributed by atoms with Crippen molar-refractivity contribution in [2.24, 2.45) is 11.8 Å². The van der Waals surface area contributed by atoms with Crippen molar-refractivity contribution in [2.45, 2.75) is 140 Å². The molecule has 10 atom stereocenters. The van der Waals surface area contributed by atoms with Crippen LogP contribution >= 0.6 is 0 Å². The molecule has 0 unspecified atom stereocenters. The van der Waals surface area contributed by atoms with Gasteiger partial charge in [-0.2, -0.15) is 0 Å². The van der Waals surface area contributed by atoms with Gasteiger partial charge in [0.1, 0.15) is 23.7 Å². The Morgan fingerprint density at radius 2 is 0.941 bits per heavy atom. The number of aromatic amines is 2. The molecule has 4 aromatic rings. The van der Waals surface area contributed by atoms with Gasteiger partial charge in [0.15, 0.2) is 0 Å². The maximum absolute atomic E-state index is 14.5. The lowest BCUT2D eigenvalue weighted by atomic mass is 9.85. The number of hydrogen-bond acceptors (Lipinski definition) is 10. The van der Waals surface area contributed by atoms with Gasteiger partial charge in [0.25, 0.3) is 0 Å². The van der Waals surface area contributed by atoms with Crippen molar-refractivity contribution in [2.75, 3.05) is 14.2 Å². The number of ether oxygens (including phenoxy) is 4. The summed E-state index contributed by atoms with van der Waals surface area (Å²) < 4.78 is 21.8. The first-order valence-electron chi connectivity index (χ1n) is 23.7. The van der Waals surface area contributed by atoms with Crippen LogP contribution in [0.5, 0.6) is 0 Å². The summed E-state index contributed by atoms with van der Waals surface area (Å²) >= 11 is 0. The Kier molecular flexibility index (Phi) is 14.6. The van der Waals surface area contributed by atoms with Crippen molar-refractivity contribution in [1.82, 2.24) is 40.4 Å². The fraction of sp³-hybridized carbons (Fsp3) is 0.500. The number of aromatic nitrogens is 4. The van der Waals surface area contributed by atoms with Gasteiger partial charge in [-0.15, -0.1) is 12.8 Å². The molecule has 6 heterocycles. The van der Waals surface area contributed by atoms with Crippen molar-refractivity contribution < 1.29 is 38.1 Å². The molecule has 0 bridgehead atoms. The topological polar surface area (TPSA) is 193 Å². The Morgan fingerprint density at radius 1 is 0.603 bits per heavy atom. The van der Waals surface area contributed by atoms with E-state index in [1.807, 2.05) is 52.0 Å². The third-order valence-corrected chi connectivity index (χ3v) is 14.1. The summed E-state index contributed by atoms with van der Waals surface area (Å²) in [6.45, 7) is 7.90. The molecule has 0 saturated carbocycles. The number of methoxy groups -OCH3 is 2. The molecule has 2 aromatic carbocycles. The molecule has 4 aliphatic rings. The van der Waals surface area contributed by atoms with E-state index >= 15 is 0 Å². The molecule has 4 saturated heterocycles. The monoisotopic (exact) mass is 926 g/mol. The maximum Gasteiger partial charge on any atom is 0.407 e. The quantitative estimate of drug-likeness (QED) is 0.111. The van der Waals surface area contributed by atoms with Crippen LogP contribution in [0.2, 0.25) is 0 Å². The van der Waals surface area contributed by atoms with E-state index in [1.54, 1.807) is 22.2 Å². The Bertz CT molecular complexity index is 2330. The molecule has 0 radical (unpaired) electrons. The van der Waals surface area contributed by atoms with Crippen molar-refractivity contribution in [3.05, 3.63) is 72.6 Å². The van der Waals surface area contributed by atoms with Gasteiger partial charge < -0.3 is 49.3 Å². The average Bonchev–Trinajstić information content (AvgIpc) is 4.18. The number of imidazole rings is 2. The van der Waals surface area contributed by atoms with Crippen LogP contribution in [0.1, 0.15) is 103 Å². The molecule has 2 aromatic heterocycles. The molecule has 0 aliphatic carbocycles. The molecule has 0 spiro atoms. The average molecular weight is 927 g/mol. The number of carbonyl (C=O) groups excluding carboxylic acids is 4. The second kappa shape index (κ2) is 20.7. The zero-order valence-corrected chi connectivity index (χ0v) is 39.6. The zero-order valence-electron chi connectivity index (χ0n) is 39.6. The molecule has 16 nitrogen and oxygen atoms in total. The van der Waals surface area contributed by atoms with Gasteiger partial charge in [0, 0.05) is 0 Å². The number of H-pyrrole nitrogens is 2. The zero-order chi connectivity index (χ0) is 48.2. The molecule has 16 heteroatoms. The minimum atomic E-state index is -0.837. The normalized spacial score (nSPS) is 27.9. The van der Waals surface area contributed by atoms with E-state index in [-0.39, 0.29) is 48.1 Å². The second-order valence-corrected chi connectivity index (χ2v) is 18.8. The van der Waals surface area contributed by atoms with Crippen LogP contribution in [0, 0.1) is 36.5 Å². The van der Waals surface area contributed by atoms with Crippen molar-refractivity contribution >= 4 is 24.0 Å². The SMILES string of the molecule is C#C[C@H]1CC[C@@H](c2ncc(-c3ccc(-c4ccc(-c5cnc([C@@H]6CC[C@H](C#C)N6C(=O)[C@@H](NC(=O)OC)C6C[C@@H](C)O[C@H](C)C6)[nH]5)cc4)cc3)[nH]2)N1C(=O)[C@@H](NC(=O)OC)C1C[C@@H](C)O[C@H](C)C1. The van der Waals surface area contributed by atoms with Gasteiger partial charge in [0.05, 0.1) is 86.6 Å². The lowest BCUT2D eigenvalue weighted by Crippen LogP contribution is -2.55. The van der Waals surface area contributed by atoms with Crippen LogP contribution in [0.25, 0.3) is 33.6 Å². The second-order valence-electron chi connectivity index (χ2n) is 18.8. The van der Waals surface area contributed by atoms with Crippen LogP contribution in [-0.2, 0) is 28.5 Å². The molecule has 68 heavy (non-hydrogen) atoms. The summed E-state index contributed by atoms with van der Waals surface area (Å²) in [5.41, 5.74) is 5.46. The van der Waals surface area contributed by atoms with Gasteiger partial charge >= 0.3 is 12.2 Å². The Labute approximate surface area is 398 Å². The van der Waals surface area contributed by atoms with Crippen molar-refractivity contribution in [1.29, 1.82) is 0 Å². The number of terminal acetylenes is 2. The molecule has 4 fully saturated rings. The molecule has 4 amide bonds. The summed E-state index contributed by atoms with van der Waals surface area (Å²) in [5.74, 6) is 6.03. The van der Waals surface area contributed by atoms with Crippen molar-refractivity contribution in [3.8, 4) is 58.3 Å². The molecular weight excluding hydrogens is 865 g/mol. The largest absolute Gasteiger partial charge is 0.453 e. The van der Waals surface area contributed by atoms with E-state index in [4.69, 9.17) is 41.8 Å². The van der Waals surface area contributed by atoms with Crippen molar-refractivity contribution in [3.63, 3.8) is 0 Å². The third-order valence-electron chi connectivity index (χ3n) is 14.1. The van der Waals surface area contributed by atoms with Crippen LogP contribution < -0.4 is 10.6 Å². The van der Waals surface area contributed by atoms with E-state index in [1.165, 1.54) is 14.2 Å². The van der Waals surface area contributed by atoms with Crippen LogP contribution in [0.3, 0.4) is 0 Å². The summed E-state index contributed by atoms with van der Waals surface area (Å²) in [6, 6.07) is 12.9. The summed E-state index contributed by atoms with van der Waals surface area (Å²) in [5, 5.41) is 5.65. The van der Waals surface area contributed by atoms with Crippen LogP contribution in [0.15, 0.2) is 60.9 Å². The summed E-state index contributed by atoms with van der Waals surface area (Å²) in [4.78, 5) is 73.9. The highest BCUT2D eigenvalue weighted by molar-refractivity contribution is 5.88. The van der Waals surface area contributed by atoms with Gasteiger partial charge in [-0.05, 0) is 113 Å². The fourth-order valence-corrected chi connectivity index (χ4v) is 11.0. The molecule has 8 rings (SSSR count). The lowest BCUT2D eigenvalue weighted by molar-refractivity contribution is -0.140. The van der Waals surface area contributed by atoms with E-state index in [2.05, 4.69) is 56.7 Å². The summed E-state index contributed by atoms with van der Waals surface area (Å²) in [7, 11) is 2.57. The number of hydrogen-bond donors (Lipinski definition) is 4. The smallest absolute Gasteiger partial charge is 0.407 e. The number of amides is 4. The standard InChI is InChI=1S/C52H62N8O8/c1-9-39-19-21-43(59(39)49(61)45(57-51(63)65-7)37-23-29(3)67-30(4)24-37)47-53-27-41(55-47)35-15-11-33(12-16-35)34-13-17-36(18-14-34)42-28-54-48(56-42)44-22-20-40(10-2)60(44)50(62)46(58-52(64)66-8)38-25-31(5)68-32(6)26-38/h1-2,11-18,27-32,37-40,43-46H,19-26H2,3-8H3,(H,53,55)(H,54,56)(H,57,63)(H,58,64)/t29-,30-,31-,32-,39+,40+,43+,44+,45+,46+/m1/s1. The first kappa shape index (κ1) is 47.9. The Hall–Kier alpha value is -6.62. The number of rotatable bonds is 11. The van der Waals surface area contributed by atoms with Crippen LogP contribution in [-0.4, -0.2) is 117 Å². The highest BCUT2D eigenvalue weighted by Gasteiger charge is 2.47. The minimum Gasteiger partial charge on any atom is -0.453 e. The van der Waals surface area contributed by atoms with E-state index < -0.39 is 48.4 Å². The van der Waals surface area contributed by atoms with Crippen LogP contribution in [0.4, 0.5) is 9.59 Å². The molecule has 4 N–H and O–H groups in total. The Morgan fingerprint density at radius 3 is 1.26 bits per heavy atom. The number of alkyl carbamates (subject to hydrolysis) is 2. The van der Waals surface area contributed by atoms with E-state index in [9.17, 15) is 19.2 Å². The molecular formula is C52H62N8O8. The number of benzene rings is 2. The molecule has 4 aliphatic heterocycles. The lowest BCUT2D eigenvalue weighted by Gasteiger charge is -2.39. The third kappa shape index (κ3) is 10.1. The predicted molar refractivity (Wildman–Crippen MR) is 254 cm³/mol. The van der Waals surface area contributed by atoms with E-state index in [0.29, 0.717) is 63.0 Å². The number of likely N-dealkylation sites (tertiary alicyclic amines) is 2. The number of nitrogens with one attached hydrogen (secondary N) is 4. The fourth-order valence-electron chi connectivity index (χ4n) is 11.0. The summed E-state index contributed by atoms with van der Waals surface area (Å²) in [6.07, 6.45) is 18.8. The van der Waals surface area contributed by atoms with Gasteiger partial charge in [-0.3, -0.25) is 9.59 Å². The minimum absolute atomic E-state index is 0.0696. The predicted octanol–water partition coefficient (Wildman–Crippen LogP) is 7.32. The number of nitrogens with zero attached hydrogens (tertiary/aromatic N) is 4. The van der Waals surface area contributed by atoms with Gasteiger partial charge in [-0.25, -0.2) is 19.6 Å². The Balaban J connectivity index is 0.953. The number of carbonyl (C=O) groups is 4. The highest BCUT2D eigenvalue weighted by Crippen LogP contribution is 2.40. The first-order valence-corrected chi connectivity index (χ1v) is 23.7. The van der Waals surface area contributed by atoms with E-state index in [0.717, 1.165) is 33.6 Å².